The van der Waals surface area contributed by atoms with E-state index in [1.54, 1.807) is 18.2 Å². The summed E-state index contributed by atoms with van der Waals surface area (Å²) in [7, 11) is 0. The molecular weight excluding hydrogens is 253 g/mol. The SMILES string of the molecule is Cc1ccc(CNC2CC2)cc1Oc1ccccc1F. The highest BCUT2D eigenvalue weighted by Gasteiger charge is 2.20. The molecule has 1 aliphatic carbocycles. The van der Waals surface area contributed by atoms with E-state index >= 15 is 0 Å². The number of para-hydroxylation sites is 1. The van der Waals surface area contributed by atoms with Gasteiger partial charge in [-0.25, -0.2) is 4.39 Å². The maximum atomic E-state index is 13.6. The molecule has 2 nitrogen and oxygen atoms in total. The van der Waals surface area contributed by atoms with Crippen molar-refractivity contribution in [2.24, 2.45) is 0 Å². The molecule has 3 heteroatoms. The quantitative estimate of drug-likeness (QED) is 0.881. The fourth-order valence-corrected chi connectivity index (χ4v) is 2.06. The van der Waals surface area contributed by atoms with Gasteiger partial charge in [-0.15, -0.1) is 0 Å². The zero-order valence-electron chi connectivity index (χ0n) is 11.5. The van der Waals surface area contributed by atoms with Gasteiger partial charge in [0.2, 0.25) is 0 Å². The number of ether oxygens (including phenoxy) is 1. The number of benzene rings is 2. The Labute approximate surface area is 118 Å². The fourth-order valence-electron chi connectivity index (χ4n) is 2.06. The van der Waals surface area contributed by atoms with Crippen LogP contribution >= 0.6 is 0 Å². The van der Waals surface area contributed by atoms with Crippen LogP contribution in [0.25, 0.3) is 0 Å². The Kier molecular flexibility index (Phi) is 3.70. The number of aryl methyl sites for hydroxylation is 1. The second-order valence-electron chi connectivity index (χ2n) is 5.29. The van der Waals surface area contributed by atoms with Gasteiger partial charge < -0.3 is 10.1 Å². The third kappa shape index (κ3) is 3.17. The predicted octanol–water partition coefficient (Wildman–Crippen LogP) is 4.18. The van der Waals surface area contributed by atoms with Crippen LogP contribution in [-0.4, -0.2) is 6.04 Å². The Morgan fingerprint density at radius 1 is 1.15 bits per heavy atom. The van der Waals surface area contributed by atoms with Crippen molar-refractivity contribution in [3.63, 3.8) is 0 Å². The van der Waals surface area contributed by atoms with E-state index in [4.69, 9.17) is 4.74 Å². The summed E-state index contributed by atoms with van der Waals surface area (Å²) in [5.41, 5.74) is 2.16. The first-order valence-corrected chi connectivity index (χ1v) is 6.97. The van der Waals surface area contributed by atoms with E-state index in [1.807, 2.05) is 19.1 Å². The van der Waals surface area contributed by atoms with Gasteiger partial charge in [0.05, 0.1) is 0 Å². The van der Waals surface area contributed by atoms with E-state index in [1.165, 1.54) is 18.9 Å². The lowest BCUT2D eigenvalue weighted by Crippen LogP contribution is -2.15. The molecule has 0 amide bonds. The Morgan fingerprint density at radius 2 is 1.95 bits per heavy atom. The third-order valence-corrected chi connectivity index (χ3v) is 3.48. The molecule has 0 aliphatic heterocycles. The molecule has 0 saturated heterocycles. The first kappa shape index (κ1) is 13.1. The minimum atomic E-state index is -0.339. The molecule has 1 aliphatic rings. The van der Waals surface area contributed by atoms with Crippen LogP contribution in [0.5, 0.6) is 11.5 Å². The van der Waals surface area contributed by atoms with Crippen LogP contribution in [0.1, 0.15) is 24.0 Å². The van der Waals surface area contributed by atoms with E-state index in [-0.39, 0.29) is 11.6 Å². The van der Waals surface area contributed by atoms with Gasteiger partial charge in [0.15, 0.2) is 11.6 Å². The summed E-state index contributed by atoms with van der Waals surface area (Å²) in [6, 6.07) is 13.2. The van der Waals surface area contributed by atoms with Crippen molar-refractivity contribution in [3.8, 4) is 11.5 Å². The van der Waals surface area contributed by atoms with Crippen molar-refractivity contribution in [3.05, 3.63) is 59.4 Å². The summed E-state index contributed by atoms with van der Waals surface area (Å²) < 4.78 is 19.3. The molecule has 0 atom stereocenters. The highest BCUT2D eigenvalue weighted by atomic mass is 19.1. The molecule has 2 aromatic carbocycles. The topological polar surface area (TPSA) is 21.3 Å². The first-order valence-electron chi connectivity index (χ1n) is 6.97. The molecule has 2 aromatic rings. The molecule has 0 radical (unpaired) electrons. The van der Waals surface area contributed by atoms with Crippen molar-refractivity contribution < 1.29 is 9.13 Å². The number of halogens is 1. The maximum Gasteiger partial charge on any atom is 0.165 e. The molecule has 0 aromatic heterocycles. The van der Waals surface area contributed by atoms with Gasteiger partial charge in [0, 0.05) is 12.6 Å². The molecule has 20 heavy (non-hydrogen) atoms. The molecular formula is C17H18FNO. The molecule has 0 unspecified atom stereocenters. The van der Waals surface area contributed by atoms with Gasteiger partial charge in [-0.05, 0) is 49.1 Å². The van der Waals surface area contributed by atoms with Gasteiger partial charge >= 0.3 is 0 Å². The van der Waals surface area contributed by atoms with Gasteiger partial charge in [0.25, 0.3) is 0 Å². The summed E-state index contributed by atoms with van der Waals surface area (Å²) in [5.74, 6) is 0.640. The summed E-state index contributed by atoms with van der Waals surface area (Å²) >= 11 is 0. The van der Waals surface area contributed by atoms with E-state index < -0.39 is 0 Å². The third-order valence-electron chi connectivity index (χ3n) is 3.48. The van der Waals surface area contributed by atoms with Crippen molar-refractivity contribution in [2.75, 3.05) is 0 Å². The summed E-state index contributed by atoms with van der Waals surface area (Å²) in [4.78, 5) is 0. The fraction of sp³-hybridized carbons (Fsp3) is 0.294. The van der Waals surface area contributed by atoms with Gasteiger partial charge in [-0.3, -0.25) is 0 Å². The number of rotatable bonds is 5. The highest BCUT2D eigenvalue weighted by Crippen LogP contribution is 2.28. The number of nitrogens with one attached hydrogen (secondary N) is 1. The van der Waals surface area contributed by atoms with Crippen molar-refractivity contribution in [2.45, 2.75) is 32.4 Å². The van der Waals surface area contributed by atoms with E-state index in [0.717, 1.165) is 17.7 Å². The first-order chi connectivity index (χ1) is 9.72. The van der Waals surface area contributed by atoms with Crippen molar-refractivity contribution in [1.82, 2.24) is 5.32 Å². The van der Waals surface area contributed by atoms with Gasteiger partial charge in [0.1, 0.15) is 5.75 Å². The zero-order valence-corrected chi connectivity index (χ0v) is 11.5. The summed E-state index contributed by atoms with van der Waals surface area (Å²) in [6.07, 6.45) is 2.54. The van der Waals surface area contributed by atoms with Crippen LogP contribution in [0.2, 0.25) is 0 Å². The second kappa shape index (κ2) is 5.63. The molecule has 1 fully saturated rings. The average molecular weight is 271 g/mol. The Hall–Kier alpha value is -1.87. The Morgan fingerprint density at radius 3 is 2.70 bits per heavy atom. The highest BCUT2D eigenvalue weighted by molar-refractivity contribution is 5.40. The monoisotopic (exact) mass is 271 g/mol. The Bertz CT molecular complexity index is 608. The molecule has 0 bridgehead atoms. The second-order valence-corrected chi connectivity index (χ2v) is 5.29. The van der Waals surface area contributed by atoms with Crippen molar-refractivity contribution in [1.29, 1.82) is 0 Å². The predicted molar refractivity (Wildman–Crippen MR) is 77.5 cm³/mol. The van der Waals surface area contributed by atoms with Crippen molar-refractivity contribution >= 4 is 0 Å². The molecule has 3 rings (SSSR count). The molecule has 1 N–H and O–H groups in total. The normalized spacial score (nSPS) is 14.3. The zero-order chi connectivity index (χ0) is 13.9. The van der Waals surface area contributed by atoms with Crippen LogP contribution < -0.4 is 10.1 Å². The van der Waals surface area contributed by atoms with Crippen LogP contribution in [-0.2, 0) is 6.54 Å². The van der Waals surface area contributed by atoms with E-state index in [2.05, 4.69) is 11.4 Å². The van der Waals surface area contributed by atoms with Crippen LogP contribution in [0.15, 0.2) is 42.5 Å². The maximum absolute atomic E-state index is 13.6. The molecule has 0 spiro atoms. The molecule has 1 saturated carbocycles. The van der Waals surface area contributed by atoms with Crippen LogP contribution in [0, 0.1) is 12.7 Å². The standard InChI is InChI=1S/C17H18FNO/c1-12-6-7-13(11-19-14-8-9-14)10-17(12)20-16-5-3-2-4-15(16)18/h2-7,10,14,19H,8-9,11H2,1H3. The van der Waals surface area contributed by atoms with Crippen LogP contribution in [0.3, 0.4) is 0 Å². The van der Waals surface area contributed by atoms with E-state index in [0.29, 0.717) is 11.8 Å². The van der Waals surface area contributed by atoms with Gasteiger partial charge in [-0.1, -0.05) is 24.3 Å². The summed E-state index contributed by atoms with van der Waals surface area (Å²) in [5, 5.41) is 3.47. The minimum Gasteiger partial charge on any atom is -0.454 e. The summed E-state index contributed by atoms with van der Waals surface area (Å²) in [6.45, 7) is 2.80. The molecule has 0 heterocycles. The number of hydrogen-bond donors (Lipinski definition) is 1. The lowest BCUT2D eigenvalue weighted by Gasteiger charge is -2.11. The molecule has 104 valence electrons. The minimum absolute atomic E-state index is 0.267. The average Bonchev–Trinajstić information content (AvgIpc) is 3.26. The lowest BCUT2D eigenvalue weighted by molar-refractivity contribution is 0.439. The number of hydrogen-bond acceptors (Lipinski definition) is 2. The smallest absolute Gasteiger partial charge is 0.165 e. The van der Waals surface area contributed by atoms with Gasteiger partial charge in [-0.2, -0.15) is 0 Å². The van der Waals surface area contributed by atoms with Crippen LogP contribution in [0.4, 0.5) is 4.39 Å². The largest absolute Gasteiger partial charge is 0.454 e. The van der Waals surface area contributed by atoms with E-state index in [9.17, 15) is 4.39 Å². The lowest BCUT2D eigenvalue weighted by atomic mass is 10.1. The Balaban J connectivity index is 1.77.